The summed E-state index contributed by atoms with van der Waals surface area (Å²) in [5.74, 6) is -11.1. The summed E-state index contributed by atoms with van der Waals surface area (Å²) >= 11 is 0. The lowest BCUT2D eigenvalue weighted by Gasteiger charge is -2.50. The molecule has 8 N–H and O–H groups in total. The highest BCUT2D eigenvalue weighted by molar-refractivity contribution is 6.25. The lowest BCUT2D eigenvalue weighted by molar-refractivity contribution is -0.275. The highest BCUT2D eigenvalue weighted by Gasteiger charge is 2.63. The zero-order valence-electron chi connectivity index (χ0n) is 23.3. The molecule has 3 aliphatic carbocycles. The van der Waals surface area contributed by atoms with Crippen molar-refractivity contribution < 1.29 is 57.5 Å². The van der Waals surface area contributed by atoms with Gasteiger partial charge in [-0.15, -0.1) is 13.2 Å². The standard InChI is InChI=1S/C27H31F3N4O9/c1-4-32-9-15(35)33-13-8-14(43-27(28,29)30)11-6-10-7-12-19(34(3)5-2)22(38)18(25(31)41)24(40)26(12,42)23(39)16(10)21(37)17(11)20(13)36/h8,10,12,19,32,36,38-39,42H,4-7,9H2,1-3H3,(H2,31,41)(H,33,35)/t10-,12-,19-,26-/m0/s1. The van der Waals surface area contributed by atoms with Crippen LogP contribution in [0.1, 0.15) is 36.2 Å². The van der Waals surface area contributed by atoms with Crippen molar-refractivity contribution in [2.75, 3.05) is 32.0 Å². The minimum absolute atomic E-state index is 0.213. The minimum atomic E-state index is -5.24. The number of primary amides is 1. The number of aromatic hydroxyl groups is 1. The van der Waals surface area contributed by atoms with Crippen molar-refractivity contribution in [1.29, 1.82) is 0 Å². The van der Waals surface area contributed by atoms with Gasteiger partial charge in [0.15, 0.2) is 17.1 Å². The Labute approximate surface area is 242 Å². The van der Waals surface area contributed by atoms with E-state index in [1.54, 1.807) is 13.8 Å². The van der Waals surface area contributed by atoms with Crippen molar-refractivity contribution in [3.8, 4) is 11.5 Å². The third-order valence-corrected chi connectivity index (χ3v) is 8.13. The van der Waals surface area contributed by atoms with E-state index >= 15 is 0 Å². The highest BCUT2D eigenvalue weighted by Crippen LogP contribution is 2.54. The number of phenols is 1. The van der Waals surface area contributed by atoms with Gasteiger partial charge in [-0.3, -0.25) is 24.1 Å². The molecule has 0 saturated carbocycles. The molecule has 2 amide bonds. The summed E-state index contributed by atoms with van der Waals surface area (Å²) in [7, 11) is 1.49. The van der Waals surface area contributed by atoms with Crippen LogP contribution in [0.3, 0.4) is 0 Å². The molecule has 0 unspecified atom stereocenters. The maximum Gasteiger partial charge on any atom is 0.573 e. The van der Waals surface area contributed by atoms with Crippen molar-refractivity contribution in [3.63, 3.8) is 0 Å². The zero-order chi connectivity index (χ0) is 32.2. The van der Waals surface area contributed by atoms with Gasteiger partial charge in [0, 0.05) is 23.1 Å². The van der Waals surface area contributed by atoms with Crippen LogP contribution in [-0.2, 0) is 20.8 Å². The molecule has 0 spiro atoms. The van der Waals surface area contributed by atoms with Gasteiger partial charge in [-0.25, -0.2) is 0 Å². The van der Waals surface area contributed by atoms with E-state index in [0.29, 0.717) is 6.54 Å². The molecule has 0 aliphatic heterocycles. The van der Waals surface area contributed by atoms with Gasteiger partial charge in [0.25, 0.3) is 5.91 Å². The molecule has 0 aromatic heterocycles. The number of amides is 2. The lowest BCUT2D eigenvalue weighted by atomic mass is 9.58. The molecule has 16 heteroatoms. The first-order valence-electron chi connectivity index (χ1n) is 13.3. The summed E-state index contributed by atoms with van der Waals surface area (Å²) in [5.41, 5.74) is -0.911. The Hall–Kier alpha value is -4.15. The Morgan fingerprint density at radius 3 is 2.42 bits per heavy atom. The van der Waals surface area contributed by atoms with Gasteiger partial charge < -0.3 is 41.5 Å². The number of ether oxygens (including phenoxy) is 1. The molecule has 4 rings (SSSR count). The van der Waals surface area contributed by atoms with Crippen molar-refractivity contribution in [2.45, 2.75) is 44.7 Å². The number of hydrogen-bond acceptors (Lipinski definition) is 11. The van der Waals surface area contributed by atoms with Gasteiger partial charge in [0.2, 0.25) is 11.7 Å². The number of Topliss-reactive ketones (excluding diaryl/α,β-unsaturated/α-hetero) is 2. The van der Waals surface area contributed by atoms with Crippen LogP contribution in [0, 0.1) is 11.8 Å². The van der Waals surface area contributed by atoms with Crippen LogP contribution in [0.15, 0.2) is 28.7 Å². The number of alkyl halides is 3. The van der Waals surface area contributed by atoms with Crippen LogP contribution < -0.4 is 21.1 Å². The smallest absolute Gasteiger partial charge is 0.510 e. The van der Waals surface area contributed by atoms with Crippen LogP contribution in [-0.4, -0.2) is 93.4 Å². The lowest BCUT2D eigenvalue weighted by Crippen LogP contribution is -2.64. The second kappa shape index (κ2) is 11.2. The number of nitrogens with two attached hydrogens (primary N) is 1. The van der Waals surface area contributed by atoms with E-state index in [4.69, 9.17) is 5.73 Å². The molecule has 13 nitrogen and oxygen atoms in total. The monoisotopic (exact) mass is 612 g/mol. The number of nitrogens with zero attached hydrogens (tertiary/aromatic N) is 1. The number of aliphatic hydroxyl groups excluding tert-OH is 2. The molecular weight excluding hydrogens is 581 g/mol. The SMILES string of the molecule is CCNCC(=O)Nc1cc(OC(F)(F)F)c2c(c1O)C(=O)C1=C(O)[C@]3(O)C(=O)C(C(N)=O)=C(O)[C@@H](N(C)CC)[C@@H]3C[C@@H]1C2. The minimum Gasteiger partial charge on any atom is -0.510 e. The van der Waals surface area contributed by atoms with Crippen LogP contribution in [0.25, 0.3) is 0 Å². The van der Waals surface area contributed by atoms with E-state index in [0.717, 1.165) is 6.07 Å². The van der Waals surface area contributed by atoms with Gasteiger partial charge >= 0.3 is 6.36 Å². The third-order valence-electron chi connectivity index (χ3n) is 8.13. The molecule has 0 saturated heterocycles. The van der Waals surface area contributed by atoms with E-state index in [1.165, 1.54) is 11.9 Å². The van der Waals surface area contributed by atoms with E-state index in [-0.39, 0.29) is 19.5 Å². The fraction of sp³-hybridized carbons (Fsp3) is 0.481. The molecule has 3 aliphatic rings. The van der Waals surface area contributed by atoms with E-state index in [2.05, 4.69) is 15.4 Å². The number of nitrogens with one attached hydrogen (secondary N) is 2. The second-order valence-corrected chi connectivity index (χ2v) is 10.6. The summed E-state index contributed by atoms with van der Waals surface area (Å²) in [6.45, 7) is 3.67. The Kier molecular flexibility index (Phi) is 8.25. The van der Waals surface area contributed by atoms with Crippen LogP contribution >= 0.6 is 0 Å². The largest absolute Gasteiger partial charge is 0.573 e. The Bertz CT molecular complexity index is 1470. The number of ketones is 2. The van der Waals surface area contributed by atoms with Gasteiger partial charge in [-0.1, -0.05) is 13.8 Å². The third kappa shape index (κ3) is 5.19. The first kappa shape index (κ1) is 31.8. The number of phenolic OH excluding ortho intramolecular Hbond substituents is 1. The maximum atomic E-state index is 13.9. The summed E-state index contributed by atoms with van der Waals surface area (Å²) in [4.78, 5) is 53.2. The number of allylic oxidation sites excluding steroid dienone is 1. The van der Waals surface area contributed by atoms with Crippen LogP contribution in [0.2, 0.25) is 0 Å². The number of rotatable bonds is 8. The van der Waals surface area contributed by atoms with Crippen molar-refractivity contribution in [2.24, 2.45) is 17.6 Å². The molecule has 0 bridgehead atoms. The molecule has 0 radical (unpaired) electrons. The predicted octanol–water partition coefficient (Wildman–Crippen LogP) is 0.957. The normalized spacial score (nSPS) is 25.3. The number of anilines is 1. The van der Waals surface area contributed by atoms with E-state index < -0.39 is 111 Å². The van der Waals surface area contributed by atoms with E-state index in [1.807, 2.05) is 0 Å². The molecule has 1 aromatic carbocycles. The van der Waals surface area contributed by atoms with Gasteiger partial charge in [-0.2, -0.15) is 0 Å². The average Bonchev–Trinajstić information content (AvgIpc) is 2.90. The average molecular weight is 613 g/mol. The molecule has 1 aromatic rings. The number of carbonyl (C=O) groups excluding carboxylic acids is 4. The number of halogens is 3. The number of carbonyl (C=O) groups is 4. The number of hydrogen-bond donors (Lipinski definition) is 7. The summed E-state index contributed by atoms with van der Waals surface area (Å²) in [5, 5.41) is 49.9. The Balaban J connectivity index is 1.93. The van der Waals surface area contributed by atoms with Gasteiger partial charge in [0.05, 0.1) is 23.8 Å². The maximum absolute atomic E-state index is 13.9. The topological polar surface area (TPSA) is 212 Å². The number of likely N-dealkylation sites (N-methyl/N-ethyl adjacent to an activating group) is 2. The van der Waals surface area contributed by atoms with Crippen LogP contribution in [0.4, 0.5) is 18.9 Å². The number of aliphatic hydroxyl groups is 3. The second-order valence-electron chi connectivity index (χ2n) is 10.6. The number of benzene rings is 1. The zero-order valence-corrected chi connectivity index (χ0v) is 23.3. The predicted molar refractivity (Wildman–Crippen MR) is 142 cm³/mol. The first-order chi connectivity index (χ1) is 20.0. The summed E-state index contributed by atoms with van der Waals surface area (Å²) in [6.07, 6.45) is -6.01. The van der Waals surface area contributed by atoms with Gasteiger partial charge in [0.1, 0.15) is 22.8 Å². The number of fused-ring (bicyclic) bond motifs is 3. The van der Waals surface area contributed by atoms with Gasteiger partial charge in [-0.05, 0) is 38.9 Å². The van der Waals surface area contributed by atoms with Crippen LogP contribution in [0.5, 0.6) is 11.5 Å². The quantitative estimate of drug-likeness (QED) is 0.162. The Morgan fingerprint density at radius 1 is 1.21 bits per heavy atom. The summed E-state index contributed by atoms with van der Waals surface area (Å²) in [6, 6.07) is -0.540. The molecule has 43 heavy (non-hydrogen) atoms. The molecule has 0 fully saturated rings. The van der Waals surface area contributed by atoms with Crippen molar-refractivity contribution in [1.82, 2.24) is 10.2 Å². The summed E-state index contributed by atoms with van der Waals surface area (Å²) < 4.78 is 44.5. The molecule has 234 valence electrons. The fourth-order valence-electron chi connectivity index (χ4n) is 6.14. The molecule has 0 heterocycles. The molecule has 4 atom stereocenters. The highest BCUT2D eigenvalue weighted by atomic mass is 19.4. The van der Waals surface area contributed by atoms with Crippen molar-refractivity contribution in [3.05, 3.63) is 39.9 Å². The fourth-order valence-corrected chi connectivity index (χ4v) is 6.14. The molecular formula is C27H31F3N4O9. The first-order valence-corrected chi connectivity index (χ1v) is 13.3. The van der Waals surface area contributed by atoms with Crippen molar-refractivity contribution >= 4 is 29.1 Å². The Morgan fingerprint density at radius 2 is 1.86 bits per heavy atom. The van der Waals surface area contributed by atoms with E-state index in [9.17, 15) is 52.8 Å².